The molecular weight excluding hydrogens is 464 g/mol. The Morgan fingerprint density at radius 1 is 0.917 bits per heavy atom. The van der Waals surface area contributed by atoms with E-state index in [1.54, 1.807) is 63.8 Å². The summed E-state index contributed by atoms with van der Waals surface area (Å²) in [5.41, 5.74) is 1.22. The van der Waals surface area contributed by atoms with E-state index in [4.69, 9.17) is 23.7 Å². The number of aliphatic hydroxyl groups excluding tert-OH is 2. The Morgan fingerprint density at radius 3 is 2.50 bits per heavy atom. The van der Waals surface area contributed by atoms with Gasteiger partial charge in [-0.25, -0.2) is 0 Å². The SMILES string of the molecule is COCCCC1Oc2c(cc(OC)c3cc(O)ccc23)C(O)C1C1COc2ccc(OC)cc2C1O. The monoisotopic (exact) mass is 496 g/mol. The average Bonchev–Trinajstić information content (AvgIpc) is 2.89. The third-order valence-electron chi connectivity index (χ3n) is 7.37. The molecule has 36 heavy (non-hydrogen) atoms. The molecule has 0 fully saturated rings. The molecule has 2 aliphatic heterocycles. The van der Waals surface area contributed by atoms with Crippen LogP contribution < -0.4 is 18.9 Å². The lowest BCUT2D eigenvalue weighted by molar-refractivity contribution is -0.0882. The maximum atomic E-state index is 11.8. The zero-order chi connectivity index (χ0) is 25.4. The highest BCUT2D eigenvalue weighted by Gasteiger charge is 2.47. The number of benzene rings is 3. The molecule has 0 bridgehead atoms. The van der Waals surface area contributed by atoms with Crippen LogP contribution in [0.25, 0.3) is 10.8 Å². The van der Waals surface area contributed by atoms with Gasteiger partial charge in [-0.2, -0.15) is 0 Å². The maximum Gasteiger partial charge on any atom is 0.133 e. The number of hydrogen-bond donors (Lipinski definition) is 3. The van der Waals surface area contributed by atoms with Gasteiger partial charge >= 0.3 is 0 Å². The second kappa shape index (κ2) is 10.0. The quantitative estimate of drug-likeness (QED) is 0.419. The lowest BCUT2D eigenvalue weighted by Crippen LogP contribution is -2.46. The van der Waals surface area contributed by atoms with Gasteiger partial charge in [0.15, 0.2) is 0 Å². The van der Waals surface area contributed by atoms with Gasteiger partial charge < -0.3 is 39.0 Å². The van der Waals surface area contributed by atoms with Crippen molar-refractivity contribution < 1.29 is 39.0 Å². The molecule has 3 N–H and O–H groups in total. The second-order valence-corrected chi connectivity index (χ2v) is 9.36. The first-order valence-electron chi connectivity index (χ1n) is 12.1. The van der Waals surface area contributed by atoms with Crippen molar-refractivity contribution in [3.05, 3.63) is 53.6 Å². The van der Waals surface area contributed by atoms with E-state index < -0.39 is 30.1 Å². The van der Waals surface area contributed by atoms with E-state index in [0.717, 1.165) is 11.8 Å². The first kappa shape index (κ1) is 24.5. The summed E-state index contributed by atoms with van der Waals surface area (Å²) in [6.45, 7) is 0.788. The van der Waals surface area contributed by atoms with Gasteiger partial charge in [0, 0.05) is 47.5 Å². The number of aliphatic hydroxyl groups is 2. The van der Waals surface area contributed by atoms with Crippen LogP contribution in [0.5, 0.6) is 28.7 Å². The van der Waals surface area contributed by atoms with Crippen LogP contribution in [0.3, 0.4) is 0 Å². The van der Waals surface area contributed by atoms with Crippen LogP contribution in [0.1, 0.15) is 36.2 Å². The van der Waals surface area contributed by atoms with Crippen LogP contribution in [0.4, 0.5) is 0 Å². The molecule has 5 rings (SSSR count). The molecule has 8 heteroatoms. The number of hydrogen-bond acceptors (Lipinski definition) is 8. The van der Waals surface area contributed by atoms with Crippen LogP contribution in [-0.2, 0) is 4.74 Å². The summed E-state index contributed by atoms with van der Waals surface area (Å²) in [5, 5.41) is 34.8. The third-order valence-corrected chi connectivity index (χ3v) is 7.37. The molecule has 0 amide bonds. The topological polar surface area (TPSA) is 107 Å². The number of ether oxygens (including phenoxy) is 5. The minimum atomic E-state index is -0.941. The smallest absolute Gasteiger partial charge is 0.133 e. The van der Waals surface area contributed by atoms with E-state index in [9.17, 15) is 15.3 Å². The predicted octanol–water partition coefficient (Wildman–Crippen LogP) is 4.14. The molecule has 2 heterocycles. The van der Waals surface area contributed by atoms with Gasteiger partial charge in [-0.3, -0.25) is 0 Å². The largest absolute Gasteiger partial charge is 0.508 e. The molecule has 8 nitrogen and oxygen atoms in total. The zero-order valence-corrected chi connectivity index (χ0v) is 20.6. The van der Waals surface area contributed by atoms with Gasteiger partial charge in [-0.05, 0) is 55.3 Å². The predicted molar refractivity (Wildman–Crippen MR) is 133 cm³/mol. The van der Waals surface area contributed by atoms with Gasteiger partial charge in [0.05, 0.1) is 33.0 Å². The lowest BCUT2D eigenvalue weighted by Gasteiger charge is -2.45. The molecule has 5 unspecified atom stereocenters. The zero-order valence-electron chi connectivity index (χ0n) is 20.6. The molecule has 0 spiro atoms. The molecule has 3 aromatic carbocycles. The summed E-state index contributed by atoms with van der Waals surface area (Å²) in [7, 11) is 4.78. The fourth-order valence-electron chi connectivity index (χ4n) is 5.57. The van der Waals surface area contributed by atoms with Crippen molar-refractivity contribution in [2.45, 2.75) is 31.2 Å². The van der Waals surface area contributed by atoms with Crippen molar-refractivity contribution in [1.29, 1.82) is 0 Å². The molecule has 0 saturated carbocycles. The normalized spacial score (nSPS) is 24.9. The van der Waals surface area contributed by atoms with Crippen LogP contribution in [0.2, 0.25) is 0 Å². The molecule has 5 atom stereocenters. The van der Waals surface area contributed by atoms with E-state index in [-0.39, 0.29) is 12.4 Å². The number of aromatic hydroxyl groups is 1. The Kier molecular flexibility index (Phi) is 6.83. The third kappa shape index (κ3) is 4.19. The second-order valence-electron chi connectivity index (χ2n) is 9.36. The molecule has 0 radical (unpaired) electrons. The summed E-state index contributed by atoms with van der Waals surface area (Å²) in [5.74, 6) is 1.54. The number of methoxy groups -OCH3 is 3. The molecule has 0 saturated heterocycles. The highest BCUT2D eigenvalue weighted by Crippen LogP contribution is 2.52. The van der Waals surface area contributed by atoms with Crippen molar-refractivity contribution in [2.75, 3.05) is 34.5 Å². The Labute approximate surface area is 209 Å². The first-order chi connectivity index (χ1) is 17.5. The Hall–Kier alpha value is -3.20. The average molecular weight is 497 g/mol. The Morgan fingerprint density at radius 2 is 1.75 bits per heavy atom. The lowest BCUT2D eigenvalue weighted by atomic mass is 9.72. The highest BCUT2D eigenvalue weighted by atomic mass is 16.5. The van der Waals surface area contributed by atoms with Crippen molar-refractivity contribution in [3.63, 3.8) is 0 Å². The van der Waals surface area contributed by atoms with Gasteiger partial charge in [0.1, 0.15) is 34.9 Å². The summed E-state index contributed by atoms with van der Waals surface area (Å²) >= 11 is 0. The van der Waals surface area contributed by atoms with Crippen LogP contribution in [-0.4, -0.2) is 56.0 Å². The molecule has 192 valence electrons. The molecule has 2 aliphatic rings. The van der Waals surface area contributed by atoms with Gasteiger partial charge in [-0.15, -0.1) is 0 Å². The summed E-state index contributed by atoms with van der Waals surface area (Å²) in [6, 6.07) is 12.1. The van der Waals surface area contributed by atoms with Gasteiger partial charge in [0.2, 0.25) is 0 Å². The minimum Gasteiger partial charge on any atom is -0.508 e. The highest BCUT2D eigenvalue weighted by molar-refractivity contribution is 5.95. The Balaban J connectivity index is 1.58. The first-order valence-corrected chi connectivity index (χ1v) is 12.1. The number of fused-ring (bicyclic) bond motifs is 4. The minimum absolute atomic E-state index is 0.114. The number of rotatable bonds is 7. The maximum absolute atomic E-state index is 11.8. The number of phenols is 1. The van der Waals surface area contributed by atoms with E-state index in [0.29, 0.717) is 52.5 Å². The van der Waals surface area contributed by atoms with Crippen molar-refractivity contribution >= 4 is 10.8 Å². The molecular formula is C28H32O8. The Bertz CT molecular complexity index is 1240. The van der Waals surface area contributed by atoms with E-state index in [2.05, 4.69) is 0 Å². The van der Waals surface area contributed by atoms with Crippen LogP contribution >= 0.6 is 0 Å². The van der Waals surface area contributed by atoms with Gasteiger partial charge in [0.25, 0.3) is 0 Å². The van der Waals surface area contributed by atoms with E-state index >= 15 is 0 Å². The summed E-state index contributed by atoms with van der Waals surface area (Å²) < 4.78 is 28.9. The molecule has 0 aliphatic carbocycles. The molecule has 0 aromatic heterocycles. The fourth-order valence-corrected chi connectivity index (χ4v) is 5.57. The van der Waals surface area contributed by atoms with Crippen molar-refractivity contribution in [1.82, 2.24) is 0 Å². The molecule has 3 aromatic rings. The summed E-state index contributed by atoms with van der Waals surface area (Å²) in [4.78, 5) is 0. The van der Waals surface area contributed by atoms with Crippen LogP contribution in [0, 0.1) is 11.8 Å². The standard InChI is InChI=1S/C28H32O8/c1-32-10-4-5-23-25(21-14-35-22-9-7-16(33-2)12-19(22)26(21)30)27(31)20-13-24(34-3)18-11-15(29)6-8-17(18)28(20)36-23/h6-9,11-13,21,23,25-27,29-31H,4-5,10,14H2,1-3H3. The van der Waals surface area contributed by atoms with E-state index in [1.165, 1.54) is 0 Å². The van der Waals surface area contributed by atoms with Crippen molar-refractivity contribution in [3.8, 4) is 28.7 Å². The van der Waals surface area contributed by atoms with E-state index in [1.807, 2.05) is 0 Å². The van der Waals surface area contributed by atoms with Crippen molar-refractivity contribution in [2.24, 2.45) is 11.8 Å². The summed E-state index contributed by atoms with van der Waals surface area (Å²) in [6.07, 6.45) is -0.873. The number of phenolic OH excluding ortho intramolecular Hbond substituents is 1. The fraction of sp³-hybridized carbons (Fsp3) is 0.429. The van der Waals surface area contributed by atoms with Gasteiger partial charge in [-0.1, -0.05) is 0 Å². The van der Waals surface area contributed by atoms with Crippen LogP contribution in [0.15, 0.2) is 42.5 Å².